The molecule has 1 heterocycles. The van der Waals surface area contributed by atoms with Crippen LogP contribution in [0.3, 0.4) is 0 Å². The van der Waals surface area contributed by atoms with Crippen molar-refractivity contribution in [2.24, 2.45) is 5.73 Å². The molecule has 6 heteroatoms. The molecular weight excluding hydrogens is 264 g/mol. The summed E-state index contributed by atoms with van der Waals surface area (Å²) in [6.45, 7) is 3.66. The first-order valence-electron chi connectivity index (χ1n) is 6.71. The van der Waals surface area contributed by atoms with Crippen LogP contribution in [0.1, 0.15) is 18.9 Å². The van der Waals surface area contributed by atoms with Gasteiger partial charge in [0.15, 0.2) is 0 Å². The van der Waals surface area contributed by atoms with Crippen LogP contribution in [0.15, 0.2) is 12.1 Å². The summed E-state index contributed by atoms with van der Waals surface area (Å²) in [4.78, 5) is 14.7. The SMILES string of the molecule is CC(=O)N1CCCN(c2c(F)cc(CN)cc2F)CC1. The van der Waals surface area contributed by atoms with E-state index in [0.717, 1.165) is 0 Å². The summed E-state index contributed by atoms with van der Waals surface area (Å²) in [5.74, 6) is -1.20. The minimum absolute atomic E-state index is 0.00808. The number of carbonyl (C=O) groups is 1. The molecule has 2 N–H and O–H groups in total. The van der Waals surface area contributed by atoms with Crippen LogP contribution < -0.4 is 10.6 Å². The predicted octanol–water partition coefficient (Wildman–Crippen LogP) is 1.48. The van der Waals surface area contributed by atoms with Crippen LogP contribution in [0.25, 0.3) is 0 Å². The molecule has 1 amide bonds. The highest BCUT2D eigenvalue weighted by Gasteiger charge is 2.22. The number of anilines is 1. The molecule has 1 aromatic rings. The summed E-state index contributed by atoms with van der Waals surface area (Å²) in [7, 11) is 0. The number of rotatable bonds is 2. The second-order valence-corrected chi connectivity index (χ2v) is 4.96. The summed E-state index contributed by atoms with van der Waals surface area (Å²) >= 11 is 0. The minimum Gasteiger partial charge on any atom is -0.365 e. The molecule has 0 saturated carbocycles. The van der Waals surface area contributed by atoms with E-state index < -0.39 is 11.6 Å². The highest BCUT2D eigenvalue weighted by atomic mass is 19.1. The average Bonchev–Trinajstić information content (AvgIpc) is 2.63. The van der Waals surface area contributed by atoms with Gasteiger partial charge in [0.1, 0.15) is 17.3 Å². The molecule has 4 nitrogen and oxygen atoms in total. The fourth-order valence-corrected chi connectivity index (χ4v) is 2.49. The number of nitrogens with two attached hydrogens (primary N) is 1. The van der Waals surface area contributed by atoms with Crippen molar-refractivity contribution >= 4 is 11.6 Å². The standard InChI is InChI=1S/C14H19F2N3O/c1-10(20)18-3-2-4-19(6-5-18)14-12(15)7-11(9-17)8-13(14)16/h7-8H,2-6,9,17H2,1H3. The van der Waals surface area contributed by atoms with Crippen molar-refractivity contribution in [3.05, 3.63) is 29.3 Å². The summed E-state index contributed by atoms with van der Waals surface area (Å²) in [6, 6.07) is 2.54. The lowest BCUT2D eigenvalue weighted by Crippen LogP contribution is -2.34. The maximum Gasteiger partial charge on any atom is 0.219 e. The third-order valence-electron chi connectivity index (χ3n) is 3.57. The Kier molecular flexibility index (Phi) is 4.54. The Morgan fingerprint density at radius 1 is 1.20 bits per heavy atom. The maximum absolute atomic E-state index is 14.1. The molecule has 1 fully saturated rings. The molecule has 1 aliphatic heterocycles. The lowest BCUT2D eigenvalue weighted by atomic mass is 10.1. The van der Waals surface area contributed by atoms with Gasteiger partial charge in [-0.1, -0.05) is 0 Å². The minimum atomic E-state index is -0.596. The molecule has 110 valence electrons. The van der Waals surface area contributed by atoms with Crippen molar-refractivity contribution in [1.82, 2.24) is 4.90 Å². The molecule has 2 rings (SSSR count). The van der Waals surface area contributed by atoms with Gasteiger partial charge in [-0.2, -0.15) is 0 Å². The summed E-state index contributed by atoms with van der Waals surface area (Å²) in [6.07, 6.45) is 0.692. The van der Waals surface area contributed by atoms with E-state index in [1.165, 1.54) is 19.1 Å². The Bertz CT molecular complexity index is 484. The van der Waals surface area contributed by atoms with Crippen molar-refractivity contribution < 1.29 is 13.6 Å². The molecule has 1 aromatic carbocycles. The number of benzene rings is 1. The van der Waals surface area contributed by atoms with E-state index in [-0.39, 0.29) is 18.1 Å². The fourth-order valence-electron chi connectivity index (χ4n) is 2.49. The van der Waals surface area contributed by atoms with Gasteiger partial charge in [-0.15, -0.1) is 0 Å². The molecule has 0 bridgehead atoms. The van der Waals surface area contributed by atoms with Crippen LogP contribution >= 0.6 is 0 Å². The maximum atomic E-state index is 14.1. The van der Waals surface area contributed by atoms with E-state index in [4.69, 9.17) is 5.73 Å². The highest BCUT2D eigenvalue weighted by Crippen LogP contribution is 2.26. The molecular formula is C14H19F2N3O. The van der Waals surface area contributed by atoms with E-state index in [1.807, 2.05) is 0 Å². The van der Waals surface area contributed by atoms with Crippen LogP contribution in [0.5, 0.6) is 0 Å². The lowest BCUT2D eigenvalue weighted by molar-refractivity contribution is -0.128. The van der Waals surface area contributed by atoms with Gasteiger partial charge in [0, 0.05) is 39.6 Å². The molecule has 0 atom stereocenters. The van der Waals surface area contributed by atoms with Gasteiger partial charge in [0.25, 0.3) is 0 Å². The zero-order chi connectivity index (χ0) is 14.7. The van der Waals surface area contributed by atoms with Crippen molar-refractivity contribution in [2.75, 3.05) is 31.1 Å². The van der Waals surface area contributed by atoms with E-state index >= 15 is 0 Å². The van der Waals surface area contributed by atoms with Crippen LogP contribution in [0, 0.1) is 11.6 Å². The molecule has 0 radical (unpaired) electrons. The number of hydrogen-bond acceptors (Lipinski definition) is 3. The third-order valence-corrected chi connectivity index (χ3v) is 3.57. The largest absolute Gasteiger partial charge is 0.365 e. The van der Waals surface area contributed by atoms with Crippen LogP contribution in [0.2, 0.25) is 0 Å². The first-order chi connectivity index (χ1) is 9.52. The number of carbonyl (C=O) groups excluding carboxylic acids is 1. The zero-order valence-electron chi connectivity index (χ0n) is 11.5. The van der Waals surface area contributed by atoms with E-state index in [1.54, 1.807) is 9.80 Å². The molecule has 0 spiro atoms. The van der Waals surface area contributed by atoms with Crippen molar-refractivity contribution in [3.63, 3.8) is 0 Å². The van der Waals surface area contributed by atoms with Gasteiger partial charge in [0.2, 0.25) is 5.91 Å². The number of hydrogen-bond donors (Lipinski definition) is 1. The Morgan fingerprint density at radius 2 is 1.85 bits per heavy atom. The quantitative estimate of drug-likeness (QED) is 0.894. The van der Waals surface area contributed by atoms with Crippen molar-refractivity contribution in [1.29, 1.82) is 0 Å². The van der Waals surface area contributed by atoms with E-state index in [2.05, 4.69) is 0 Å². The Morgan fingerprint density at radius 3 is 2.40 bits per heavy atom. The molecule has 1 saturated heterocycles. The Labute approximate surface area is 117 Å². The molecule has 0 unspecified atom stereocenters. The smallest absolute Gasteiger partial charge is 0.219 e. The van der Waals surface area contributed by atoms with Crippen LogP contribution in [-0.2, 0) is 11.3 Å². The van der Waals surface area contributed by atoms with Gasteiger partial charge in [-0.25, -0.2) is 8.78 Å². The zero-order valence-corrected chi connectivity index (χ0v) is 11.5. The van der Waals surface area contributed by atoms with Crippen molar-refractivity contribution in [3.8, 4) is 0 Å². The molecule has 0 aliphatic carbocycles. The van der Waals surface area contributed by atoms with Gasteiger partial charge in [-0.3, -0.25) is 4.79 Å². The van der Waals surface area contributed by atoms with Gasteiger partial charge >= 0.3 is 0 Å². The van der Waals surface area contributed by atoms with Crippen molar-refractivity contribution in [2.45, 2.75) is 19.9 Å². The van der Waals surface area contributed by atoms with Gasteiger partial charge in [-0.05, 0) is 24.1 Å². The second kappa shape index (κ2) is 6.17. The number of amides is 1. The summed E-state index contributed by atoms with van der Waals surface area (Å²) < 4.78 is 28.1. The summed E-state index contributed by atoms with van der Waals surface area (Å²) in [5, 5.41) is 0. The van der Waals surface area contributed by atoms with Gasteiger partial charge in [0.05, 0.1) is 0 Å². The third kappa shape index (κ3) is 3.07. The monoisotopic (exact) mass is 283 g/mol. The van der Waals surface area contributed by atoms with Crippen LogP contribution in [-0.4, -0.2) is 37.0 Å². The van der Waals surface area contributed by atoms with Crippen LogP contribution in [0.4, 0.5) is 14.5 Å². The molecule has 0 aromatic heterocycles. The fraction of sp³-hybridized carbons (Fsp3) is 0.500. The number of halogens is 2. The number of nitrogens with zero attached hydrogens (tertiary/aromatic N) is 2. The van der Waals surface area contributed by atoms with E-state index in [0.29, 0.717) is 38.2 Å². The molecule has 20 heavy (non-hydrogen) atoms. The normalized spacial score (nSPS) is 16.2. The van der Waals surface area contributed by atoms with E-state index in [9.17, 15) is 13.6 Å². The first-order valence-corrected chi connectivity index (χ1v) is 6.71. The summed E-state index contributed by atoms with van der Waals surface area (Å²) in [5.41, 5.74) is 5.81. The Balaban J connectivity index is 2.21. The molecule has 1 aliphatic rings. The first kappa shape index (κ1) is 14.7. The average molecular weight is 283 g/mol. The topological polar surface area (TPSA) is 49.6 Å². The second-order valence-electron chi connectivity index (χ2n) is 4.96. The Hall–Kier alpha value is -1.69. The van der Waals surface area contributed by atoms with Gasteiger partial charge < -0.3 is 15.5 Å². The lowest BCUT2D eigenvalue weighted by Gasteiger charge is -2.24. The predicted molar refractivity (Wildman–Crippen MR) is 73.3 cm³/mol. The highest BCUT2D eigenvalue weighted by molar-refractivity contribution is 5.73.